The topological polar surface area (TPSA) is 385 Å². The molecule has 5 saturated carbocycles. The first kappa shape index (κ1) is 70.9. The quantitative estimate of drug-likeness (QED) is 0.0469. The first-order valence-electron chi connectivity index (χ1n) is 32.6. The predicted octanol–water partition coefficient (Wildman–Crippen LogP) is 0.863. The molecule has 2 bridgehead atoms. The second-order valence-corrected chi connectivity index (χ2v) is 30.1. The largest absolute Gasteiger partial charge is 0.462 e. The van der Waals surface area contributed by atoms with Crippen LogP contribution in [0, 0.1) is 50.2 Å². The number of allylic oxidation sites excluding steroid dienone is 2. The van der Waals surface area contributed by atoms with Gasteiger partial charge in [0, 0.05) is 34.8 Å². The molecule has 91 heavy (non-hydrogen) atoms. The van der Waals surface area contributed by atoms with Crippen LogP contribution in [0.5, 0.6) is 0 Å². The van der Waals surface area contributed by atoms with Crippen LogP contribution < -0.4 is 0 Å². The van der Waals surface area contributed by atoms with Gasteiger partial charge in [0.1, 0.15) is 97.7 Å². The number of aliphatic hydroxyl groups is 11. The molecule has 10 aliphatic rings. The SMILES string of the molecule is CC=C(C)C(=O)OC1C(OC(=O)C(C)=CC)C23COC4(CCC5C6(C)CCC(OC7OCC(O)C(OC8OC(COC9OC(C)C(O)C(O)C9O)C(O)C(O)C8O)C7OC7OC(CO)C(O)C(O)C7O)C(C)(C)C6CCC5(C)C4(C)CC2OC(C)=O)C3CC1(C)C. The van der Waals surface area contributed by atoms with Crippen LogP contribution in [0.3, 0.4) is 0 Å². The average Bonchev–Trinajstić information content (AvgIpc) is 1.59. The van der Waals surface area contributed by atoms with Crippen LogP contribution in [-0.4, -0.2) is 247 Å². The Morgan fingerprint density at radius 1 is 0.560 bits per heavy atom. The molecular formula is C65H102O26. The van der Waals surface area contributed by atoms with Gasteiger partial charge in [0.2, 0.25) is 0 Å². The maximum atomic E-state index is 14.1. The molecule has 0 amide bonds. The Bertz CT molecular complexity index is 2710. The van der Waals surface area contributed by atoms with Crippen LogP contribution in [0.2, 0.25) is 0 Å². The highest BCUT2D eigenvalue weighted by Crippen LogP contribution is 2.81. The maximum Gasteiger partial charge on any atom is 0.333 e. The van der Waals surface area contributed by atoms with Gasteiger partial charge in [-0.3, -0.25) is 4.79 Å². The summed E-state index contributed by atoms with van der Waals surface area (Å²) < 4.78 is 76.5. The van der Waals surface area contributed by atoms with Crippen LogP contribution in [0.25, 0.3) is 0 Å². The zero-order chi connectivity index (χ0) is 66.8. The fourth-order valence-corrected chi connectivity index (χ4v) is 19.1. The van der Waals surface area contributed by atoms with Crippen LogP contribution in [0.4, 0.5) is 0 Å². The minimum absolute atomic E-state index is 0.00480. The Labute approximate surface area is 531 Å². The minimum Gasteiger partial charge on any atom is -0.462 e. The number of fused-ring (bicyclic) bond motifs is 4. The van der Waals surface area contributed by atoms with Crippen molar-refractivity contribution in [1.82, 2.24) is 0 Å². The number of rotatable bonds is 15. The summed E-state index contributed by atoms with van der Waals surface area (Å²) in [6, 6.07) is 0. The number of ether oxygens (including phenoxy) is 12. The molecule has 31 atom stereocenters. The molecule has 11 N–H and O–H groups in total. The summed E-state index contributed by atoms with van der Waals surface area (Å²) >= 11 is 0. The molecule has 26 nitrogen and oxygen atoms in total. The summed E-state index contributed by atoms with van der Waals surface area (Å²) in [6.45, 7) is 23.3. The van der Waals surface area contributed by atoms with Gasteiger partial charge in [-0.15, -0.1) is 0 Å². The third-order valence-corrected chi connectivity index (χ3v) is 24.6. The second kappa shape index (κ2) is 25.8. The zero-order valence-electron chi connectivity index (χ0n) is 54.7. The van der Waals surface area contributed by atoms with E-state index in [0.717, 1.165) is 19.3 Å². The number of aliphatic hydroxyl groups excluding tert-OH is 11. The summed E-state index contributed by atoms with van der Waals surface area (Å²) in [6.07, 6.45) is -26.9. The molecular weight excluding hydrogens is 1200 g/mol. The van der Waals surface area contributed by atoms with E-state index >= 15 is 0 Å². The number of carbonyl (C=O) groups excluding carboxylic acids is 3. The van der Waals surface area contributed by atoms with E-state index in [1.807, 2.05) is 13.8 Å². The first-order chi connectivity index (χ1) is 42.5. The lowest BCUT2D eigenvalue weighted by Crippen LogP contribution is -2.77. The fraction of sp³-hybridized carbons (Fsp3) is 0.892. The molecule has 5 heterocycles. The molecule has 1 spiro atoms. The van der Waals surface area contributed by atoms with E-state index in [1.54, 1.807) is 39.8 Å². The zero-order valence-corrected chi connectivity index (χ0v) is 54.7. The molecule has 0 aromatic rings. The van der Waals surface area contributed by atoms with Crippen molar-refractivity contribution in [2.24, 2.45) is 50.2 Å². The number of esters is 3. The molecule has 10 rings (SSSR count). The smallest absolute Gasteiger partial charge is 0.333 e. The van der Waals surface area contributed by atoms with E-state index in [1.165, 1.54) is 13.8 Å². The van der Waals surface area contributed by atoms with Gasteiger partial charge in [0.25, 0.3) is 0 Å². The Morgan fingerprint density at radius 2 is 1.12 bits per heavy atom. The highest BCUT2D eigenvalue weighted by molar-refractivity contribution is 5.89. The Kier molecular flexibility index (Phi) is 20.1. The maximum absolute atomic E-state index is 14.1. The van der Waals surface area contributed by atoms with Crippen molar-refractivity contribution < 1.29 is 127 Å². The van der Waals surface area contributed by atoms with E-state index in [-0.39, 0.29) is 29.8 Å². The molecule has 5 aliphatic heterocycles. The Balaban J connectivity index is 0.934. The van der Waals surface area contributed by atoms with E-state index in [2.05, 4.69) is 34.6 Å². The lowest BCUT2D eigenvalue weighted by Gasteiger charge is -2.75. The lowest BCUT2D eigenvalue weighted by molar-refractivity contribution is -0.391. The minimum atomic E-state index is -1.99. The van der Waals surface area contributed by atoms with Crippen LogP contribution in [0.1, 0.15) is 141 Å². The van der Waals surface area contributed by atoms with Crippen molar-refractivity contribution in [2.75, 3.05) is 26.4 Å². The fourth-order valence-electron chi connectivity index (χ4n) is 19.1. The molecule has 5 saturated heterocycles. The summed E-state index contributed by atoms with van der Waals surface area (Å²) in [5, 5.41) is 120. The van der Waals surface area contributed by atoms with Gasteiger partial charge >= 0.3 is 17.9 Å². The number of hydrogen-bond donors (Lipinski definition) is 11. The van der Waals surface area contributed by atoms with Crippen molar-refractivity contribution >= 4 is 17.9 Å². The molecule has 31 unspecified atom stereocenters. The van der Waals surface area contributed by atoms with Gasteiger partial charge in [-0.1, -0.05) is 60.6 Å². The highest BCUT2D eigenvalue weighted by atomic mass is 16.8. The molecule has 0 aromatic carbocycles. The predicted molar refractivity (Wildman–Crippen MR) is 314 cm³/mol. The van der Waals surface area contributed by atoms with Gasteiger partial charge in [0.05, 0.1) is 49.7 Å². The van der Waals surface area contributed by atoms with E-state index in [9.17, 15) is 70.6 Å². The number of carbonyl (C=O) groups is 3. The van der Waals surface area contributed by atoms with Crippen molar-refractivity contribution in [1.29, 1.82) is 0 Å². The van der Waals surface area contributed by atoms with Crippen molar-refractivity contribution in [3.63, 3.8) is 0 Å². The third kappa shape index (κ3) is 11.5. The summed E-state index contributed by atoms with van der Waals surface area (Å²) in [7, 11) is 0. The molecule has 26 heteroatoms. The monoisotopic (exact) mass is 1300 g/mol. The van der Waals surface area contributed by atoms with Crippen LogP contribution >= 0.6 is 0 Å². The standard InChI is InChI=1S/C65H102O26/c1-14-28(3)53(78)90-51-52(91-54(79)29(4)15-2)64-27-82-65(37(64)22-59(51,7)8)21-17-36-61(11)19-18-38(60(9,10)35(61)16-20-62(36,12)63(65,13)23-39(64)84-31(6)67)87-58-50(89-56-47(76)44(73)41(70)33(24-66)85-56)49(32(68)25-80-58)88-57-48(77)45(74)42(71)34(86-57)26-81-55-46(75)43(72)40(69)30(5)83-55/h14-15,30,32-52,55-58,66,68-77H,16-27H2,1-13H3. The Morgan fingerprint density at radius 3 is 1.73 bits per heavy atom. The van der Waals surface area contributed by atoms with E-state index in [0.29, 0.717) is 43.3 Å². The van der Waals surface area contributed by atoms with Crippen molar-refractivity contribution in [3.8, 4) is 0 Å². The van der Waals surface area contributed by atoms with Gasteiger partial charge in [-0.05, 0) is 114 Å². The number of hydrogen-bond acceptors (Lipinski definition) is 26. The van der Waals surface area contributed by atoms with E-state index < -0.39 is 212 Å². The van der Waals surface area contributed by atoms with Gasteiger partial charge < -0.3 is 113 Å². The summed E-state index contributed by atoms with van der Waals surface area (Å²) in [5.41, 5.74) is -3.93. The van der Waals surface area contributed by atoms with Crippen LogP contribution in [-0.2, 0) is 71.2 Å². The average molecular weight is 1300 g/mol. The first-order valence-corrected chi connectivity index (χ1v) is 32.6. The third-order valence-electron chi connectivity index (χ3n) is 24.6. The summed E-state index contributed by atoms with van der Waals surface area (Å²) in [4.78, 5) is 41.6. The van der Waals surface area contributed by atoms with Gasteiger partial charge in [0.15, 0.2) is 31.3 Å². The molecule has 10 fully saturated rings. The molecule has 0 radical (unpaired) electrons. The van der Waals surface area contributed by atoms with Gasteiger partial charge in [-0.25, -0.2) is 9.59 Å². The van der Waals surface area contributed by atoms with Crippen LogP contribution in [0.15, 0.2) is 23.3 Å². The highest BCUT2D eigenvalue weighted by Gasteiger charge is 2.84. The molecule has 5 aliphatic carbocycles. The van der Waals surface area contributed by atoms with Gasteiger partial charge in [-0.2, -0.15) is 0 Å². The van der Waals surface area contributed by atoms with E-state index in [4.69, 9.17) is 56.8 Å². The Hall–Kier alpha value is -2.91. The summed E-state index contributed by atoms with van der Waals surface area (Å²) in [5.74, 6) is -1.83. The van der Waals surface area contributed by atoms with Crippen molar-refractivity contribution in [2.45, 2.75) is 288 Å². The lowest BCUT2D eigenvalue weighted by atomic mass is 9.30. The molecule has 0 aromatic heterocycles. The normalized spacial score (nSPS) is 51.1. The second-order valence-electron chi connectivity index (χ2n) is 30.1. The molecule has 518 valence electrons. The van der Waals surface area contributed by atoms with Crippen molar-refractivity contribution in [3.05, 3.63) is 23.3 Å².